The molecule has 0 saturated carbocycles. The van der Waals surface area contributed by atoms with E-state index < -0.39 is 13.4 Å². The molecule has 0 fully saturated rings. The first kappa shape index (κ1) is 32.4. The van der Waals surface area contributed by atoms with Gasteiger partial charge in [0.1, 0.15) is 12.2 Å². The van der Waals surface area contributed by atoms with Crippen molar-refractivity contribution in [1.29, 1.82) is 0 Å². The fourth-order valence-electron chi connectivity index (χ4n) is 2.89. The van der Waals surface area contributed by atoms with E-state index in [0.717, 1.165) is 10.5 Å². The molecule has 0 aliphatic heterocycles. The summed E-state index contributed by atoms with van der Waals surface area (Å²) in [4.78, 5) is 39.9. The number of benzene rings is 2. The van der Waals surface area contributed by atoms with Gasteiger partial charge in [-0.1, -0.05) is 29.5 Å². The van der Waals surface area contributed by atoms with Crippen LogP contribution in [0.15, 0.2) is 69.6 Å². The second kappa shape index (κ2) is 13.8. The summed E-state index contributed by atoms with van der Waals surface area (Å²) in [5, 5.41) is 0.319. The summed E-state index contributed by atoms with van der Waals surface area (Å²) >= 11 is 1.27. The Hall–Kier alpha value is -0.620. The average Bonchev–Trinajstić information content (AvgIpc) is 2.73. The number of hydrogen-bond acceptors (Lipinski definition) is 9. The van der Waals surface area contributed by atoms with Gasteiger partial charge in [-0.25, -0.2) is 4.98 Å². The van der Waals surface area contributed by atoms with Gasteiger partial charge >= 0.3 is 59.1 Å². The van der Waals surface area contributed by atoms with Crippen LogP contribution in [0, 0.1) is 6.92 Å². The van der Waals surface area contributed by atoms with E-state index in [9.17, 15) is 19.1 Å². The summed E-state index contributed by atoms with van der Waals surface area (Å²) in [7, 11) is -3.74. The van der Waals surface area contributed by atoms with Crippen LogP contribution in [0.1, 0.15) is 19.4 Å². The van der Waals surface area contributed by atoms with Gasteiger partial charge in [-0.05, 0) is 45.0 Å². The van der Waals surface area contributed by atoms with Gasteiger partial charge in [0.25, 0.3) is 5.56 Å². The summed E-state index contributed by atoms with van der Waals surface area (Å²) in [6.45, 7) is 4.60. The molecule has 176 valence electrons. The molecule has 0 spiro atoms. The van der Waals surface area contributed by atoms with E-state index in [2.05, 4.69) is 9.51 Å². The van der Waals surface area contributed by atoms with Crippen LogP contribution in [0.2, 0.25) is 0 Å². The van der Waals surface area contributed by atoms with E-state index in [1.54, 1.807) is 30.6 Å². The second-order valence-electron chi connectivity index (χ2n) is 7.74. The first-order valence-electron chi connectivity index (χ1n) is 9.84. The van der Waals surface area contributed by atoms with Crippen molar-refractivity contribution in [2.45, 2.75) is 36.3 Å². The van der Waals surface area contributed by atoms with Crippen molar-refractivity contribution < 1.29 is 87.5 Å². The molecular weight excluding hydrogens is 513 g/mol. The van der Waals surface area contributed by atoms with Gasteiger partial charge in [-0.3, -0.25) is 9.36 Å². The first-order valence-corrected chi connectivity index (χ1v) is 12.1. The quantitative estimate of drug-likeness (QED) is 0.204. The zero-order valence-electron chi connectivity index (χ0n) is 20.5. The predicted octanol–water partition coefficient (Wildman–Crippen LogP) is -3.29. The third-order valence-electron chi connectivity index (χ3n) is 4.40. The Kier molecular flexibility index (Phi) is 12.8. The normalized spacial score (nSPS) is 11.3. The average molecular weight is 536 g/mol. The van der Waals surface area contributed by atoms with E-state index in [-0.39, 0.29) is 71.3 Å². The maximum absolute atomic E-state index is 13.0. The maximum atomic E-state index is 13.0. The molecule has 0 saturated heterocycles. The van der Waals surface area contributed by atoms with Crippen LogP contribution >= 0.6 is 19.6 Å². The third-order valence-corrected chi connectivity index (χ3v) is 6.10. The number of rotatable bonds is 9. The maximum Gasteiger partial charge on any atom is 1.00 e. The fraction of sp³-hybridized carbons (Fsp3) is 0.273. The van der Waals surface area contributed by atoms with Crippen molar-refractivity contribution in [2.24, 2.45) is 0 Å². The van der Waals surface area contributed by atoms with E-state index in [0.29, 0.717) is 22.2 Å². The van der Waals surface area contributed by atoms with E-state index in [1.165, 1.54) is 37.3 Å². The molecule has 0 radical (unpaired) electrons. The molecule has 0 N–H and O–H groups in total. The Labute approximate surface area is 252 Å². The van der Waals surface area contributed by atoms with Crippen molar-refractivity contribution in [2.75, 3.05) is 13.7 Å². The monoisotopic (exact) mass is 536 g/mol. The number of ether oxygens (including phenoxy) is 2. The van der Waals surface area contributed by atoms with Crippen LogP contribution in [0.5, 0.6) is 11.5 Å². The van der Waals surface area contributed by atoms with Crippen LogP contribution in [0.3, 0.4) is 0 Å². The topological polar surface area (TPSA) is 126 Å². The number of phosphoric acid groups is 1. The molecule has 13 heteroatoms. The molecule has 0 amide bonds. The molecular formula is C22H23N2Na2O7PS. The van der Waals surface area contributed by atoms with Crippen LogP contribution in [-0.2, 0) is 9.09 Å². The van der Waals surface area contributed by atoms with Crippen molar-refractivity contribution in [3.63, 3.8) is 0 Å². The number of hydrogen-bond donors (Lipinski definition) is 0. The number of aromatic nitrogens is 2. The molecule has 35 heavy (non-hydrogen) atoms. The Morgan fingerprint density at radius 1 is 1.09 bits per heavy atom. The van der Waals surface area contributed by atoms with Crippen molar-refractivity contribution in [3.05, 3.63) is 70.8 Å². The Morgan fingerprint density at radius 3 is 2.34 bits per heavy atom. The third kappa shape index (κ3) is 9.64. The Morgan fingerprint density at radius 2 is 1.74 bits per heavy atom. The molecule has 1 heterocycles. The summed E-state index contributed by atoms with van der Waals surface area (Å²) in [6.07, 6.45) is 3.09. The summed E-state index contributed by atoms with van der Waals surface area (Å²) in [5.74, 6) is 0.605. The van der Waals surface area contributed by atoms with Gasteiger partial charge < -0.3 is 28.3 Å². The minimum absolute atomic E-state index is 0. The van der Waals surface area contributed by atoms with Crippen LogP contribution in [0.4, 0.5) is 0 Å². The van der Waals surface area contributed by atoms with Crippen molar-refractivity contribution >= 4 is 19.6 Å². The molecule has 1 aromatic heterocycles. The largest absolute Gasteiger partial charge is 1.00 e. The standard InChI is InChI=1S/C22H25N2O7PS.2Na/c1-15-5-8-17(9-6-15)33-20-21(25)24(12-11-23-20)16-7-10-18(19(13-16)29-4)30-14-22(2,3)31-32(26,27)28;;/h5-13H,14H2,1-4H3,(H2,26,27,28);;/q;2*+1/p-2. The van der Waals surface area contributed by atoms with Gasteiger partial charge in [0.15, 0.2) is 16.5 Å². The van der Waals surface area contributed by atoms with Crippen molar-refractivity contribution in [1.82, 2.24) is 9.55 Å². The van der Waals surface area contributed by atoms with Gasteiger partial charge in [0.05, 0.1) is 20.6 Å². The molecule has 0 bridgehead atoms. The van der Waals surface area contributed by atoms with Gasteiger partial charge in [0, 0.05) is 23.4 Å². The van der Waals surface area contributed by atoms with E-state index in [1.807, 2.05) is 31.2 Å². The molecule has 3 aromatic rings. The van der Waals surface area contributed by atoms with Gasteiger partial charge in [0.2, 0.25) is 0 Å². The van der Waals surface area contributed by atoms with Crippen LogP contribution < -0.4 is 83.9 Å². The second-order valence-corrected chi connectivity index (χ2v) is 9.88. The van der Waals surface area contributed by atoms with Crippen LogP contribution in [-0.4, -0.2) is 28.9 Å². The number of aryl methyl sites for hydroxylation is 1. The Balaban J connectivity index is 0.00000306. The number of phosphoric ester groups is 1. The molecule has 9 nitrogen and oxygen atoms in total. The van der Waals surface area contributed by atoms with Crippen molar-refractivity contribution in [3.8, 4) is 17.2 Å². The fourth-order valence-corrected chi connectivity index (χ4v) is 4.34. The molecule has 0 aliphatic carbocycles. The minimum Gasteiger partial charge on any atom is -0.790 e. The molecule has 0 aliphatic rings. The summed E-state index contributed by atoms with van der Waals surface area (Å²) in [5.41, 5.74) is -0.0176. The summed E-state index contributed by atoms with van der Waals surface area (Å²) < 4.78 is 27.9. The number of nitrogens with zero attached hydrogens (tertiary/aromatic N) is 2. The predicted molar refractivity (Wildman–Crippen MR) is 120 cm³/mol. The smallest absolute Gasteiger partial charge is 0.790 e. The van der Waals surface area contributed by atoms with E-state index in [4.69, 9.17) is 9.47 Å². The number of methoxy groups -OCH3 is 1. The molecule has 0 unspecified atom stereocenters. The SMILES string of the molecule is COc1cc(-n2ccnc(Sc3ccc(C)cc3)c2=O)ccc1OCC(C)(C)OP(=O)([O-])[O-].[Na+].[Na+]. The molecule has 3 rings (SSSR count). The zero-order valence-corrected chi connectivity index (χ0v) is 26.2. The molecule has 0 atom stereocenters. The van der Waals surface area contributed by atoms with Crippen LogP contribution in [0.25, 0.3) is 5.69 Å². The zero-order chi connectivity index (χ0) is 24.2. The molecule has 2 aromatic carbocycles. The van der Waals surface area contributed by atoms with Gasteiger partial charge in [-0.15, -0.1) is 0 Å². The van der Waals surface area contributed by atoms with E-state index >= 15 is 0 Å². The van der Waals surface area contributed by atoms with Gasteiger partial charge in [-0.2, -0.15) is 0 Å². The first-order chi connectivity index (χ1) is 15.5. The Bertz CT molecular complexity index is 1230. The summed E-state index contributed by atoms with van der Waals surface area (Å²) in [6, 6.07) is 12.6. The minimum atomic E-state index is -5.17.